The molecule has 0 atom stereocenters. The van der Waals surface area contributed by atoms with Gasteiger partial charge in [0.2, 0.25) is 0 Å². The van der Waals surface area contributed by atoms with Gasteiger partial charge >= 0.3 is 5.97 Å². The molecule has 152 valence electrons. The molecular formula is C23H26N2O4. The maximum absolute atomic E-state index is 13.0. The molecule has 0 aliphatic carbocycles. The Labute approximate surface area is 170 Å². The molecule has 0 saturated heterocycles. The summed E-state index contributed by atoms with van der Waals surface area (Å²) in [6, 6.07) is 13.2. The number of methoxy groups -OCH3 is 1. The lowest BCUT2D eigenvalue weighted by Gasteiger charge is -2.11. The van der Waals surface area contributed by atoms with Crippen molar-refractivity contribution in [1.29, 1.82) is 0 Å². The molecule has 3 aromatic rings. The van der Waals surface area contributed by atoms with Crippen molar-refractivity contribution in [1.82, 2.24) is 4.57 Å². The molecule has 1 aromatic heterocycles. The van der Waals surface area contributed by atoms with Crippen LogP contribution in [0.3, 0.4) is 0 Å². The number of para-hydroxylation sites is 1. The molecule has 2 aromatic carbocycles. The number of aryl methyl sites for hydroxylation is 1. The first kappa shape index (κ1) is 20.5. The van der Waals surface area contributed by atoms with E-state index in [1.54, 1.807) is 18.2 Å². The summed E-state index contributed by atoms with van der Waals surface area (Å²) < 4.78 is 12.1. The third-order valence-electron chi connectivity index (χ3n) is 4.63. The number of amides is 1. The number of anilines is 1. The maximum Gasteiger partial charge on any atom is 0.343 e. The number of nitrogens with zero attached hydrogens (tertiary/aromatic N) is 1. The summed E-state index contributed by atoms with van der Waals surface area (Å²) >= 11 is 0. The minimum atomic E-state index is -0.446. The molecule has 29 heavy (non-hydrogen) atoms. The van der Waals surface area contributed by atoms with Gasteiger partial charge in [0.25, 0.3) is 5.91 Å². The van der Waals surface area contributed by atoms with Crippen LogP contribution in [0.2, 0.25) is 0 Å². The van der Waals surface area contributed by atoms with E-state index < -0.39 is 5.97 Å². The summed E-state index contributed by atoms with van der Waals surface area (Å²) in [5, 5.41) is 3.92. The summed E-state index contributed by atoms with van der Waals surface area (Å²) in [6.07, 6.45) is 1.92. The number of hydrogen-bond acceptors (Lipinski definition) is 4. The average Bonchev–Trinajstić information content (AvgIpc) is 3.06. The first-order chi connectivity index (χ1) is 13.9. The zero-order valence-electron chi connectivity index (χ0n) is 17.2. The summed E-state index contributed by atoms with van der Waals surface area (Å²) in [6.45, 7) is 6.88. The number of carbonyl (C=O) groups excluding carboxylic acids is 2. The van der Waals surface area contributed by atoms with Gasteiger partial charge in [0.05, 0.1) is 12.7 Å². The zero-order chi connectivity index (χ0) is 21.0. The Morgan fingerprint density at radius 3 is 2.59 bits per heavy atom. The van der Waals surface area contributed by atoms with Gasteiger partial charge in [0.15, 0.2) is 6.61 Å². The first-order valence-corrected chi connectivity index (χ1v) is 9.58. The Balaban J connectivity index is 1.81. The lowest BCUT2D eigenvalue weighted by Crippen LogP contribution is -2.14. The Morgan fingerprint density at radius 1 is 1.14 bits per heavy atom. The molecule has 0 saturated carbocycles. The highest BCUT2D eigenvalue weighted by molar-refractivity contribution is 6.13. The monoisotopic (exact) mass is 394 g/mol. The Bertz CT molecular complexity index is 1040. The molecule has 0 aliphatic rings. The molecule has 0 unspecified atom stereocenters. The van der Waals surface area contributed by atoms with Crippen LogP contribution in [0, 0.1) is 12.8 Å². The van der Waals surface area contributed by atoms with Crippen LogP contribution in [-0.2, 0) is 16.1 Å². The van der Waals surface area contributed by atoms with Crippen LogP contribution < -0.4 is 10.1 Å². The van der Waals surface area contributed by atoms with Gasteiger partial charge < -0.3 is 19.4 Å². The highest BCUT2D eigenvalue weighted by atomic mass is 16.6. The van der Waals surface area contributed by atoms with Crippen LogP contribution in [-0.4, -0.2) is 30.2 Å². The zero-order valence-corrected chi connectivity index (χ0v) is 17.2. The van der Waals surface area contributed by atoms with E-state index in [1.165, 1.54) is 7.11 Å². The van der Waals surface area contributed by atoms with Crippen molar-refractivity contribution in [2.45, 2.75) is 27.3 Å². The van der Waals surface area contributed by atoms with Gasteiger partial charge in [-0.25, -0.2) is 4.79 Å². The molecule has 0 spiro atoms. The van der Waals surface area contributed by atoms with E-state index in [-0.39, 0.29) is 12.5 Å². The van der Waals surface area contributed by atoms with Crippen LogP contribution in [0.4, 0.5) is 5.69 Å². The quantitative estimate of drug-likeness (QED) is 0.603. The topological polar surface area (TPSA) is 69.6 Å². The summed E-state index contributed by atoms with van der Waals surface area (Å²) in [5.74, 6) is 0.411. The van der Waals surface area contributed by atoms with Crippen molar-refractivity contribution in [3.05, 3.63) is 59.8 Å². The number of rotatable bonds is 7. The highest BCUT2D eigenvalue weighted by Gasteiger charge is 2.16. The van der Waals surface area contributed by atoms with Crippen LogP contribution in [0.1, 0.15) is 29.8 Å². The minimum Gasteiger partial charge on any atom is -0.482 e. The summed E-state index contributed by atoms with van der Waals surface area (Å²) in [4.78, 5) is 24.2. The van der Waals surface area contributed by atoms with Crippen molar-refractivity contribution in [3.63, 3.8) is 0 Å². The highest BCUT2D eigenvalue weighted by Crippen LogP contribution is 2.26. The number of fused-ring (bicyclic) bond motifs is 1. The van der Waals surface area contributed by atoms with Gasteiger partial charge in [-0.1, -0.05) is 32.0 Å². The van der Waals surface area contributed by atoms with Gasteiger partial charge in [-0.05, 0) is 42.7 Å². The molecule has 6 nitrogen and oxygen atoms in total. The molecule has 6 heteroatoms. The number of benzene rings is 2. The van der Waals surface area contributed by atoms with Gasteiger partial charge in [0, 0.05) is 29.3 Å². The standard InChI is InChI=1S/C23H26N2O4/c1-15(2)12-25-13-19(18-7-5-6-8-21(18)25)23(27)24-20-10-9-17(11-16(20)3)29-14-22(26)28-4/h5-11,13,15H,12,14H2,1-4H3,(H,24,27). The molecule has 1 amide bonds. The largest absolute Gasteiger partial charge is 0.482 e. The average molecular weight is 394 g/mol. The van der Waals surface area contributed by atoms with E-state index >= 15 is 0 Å². The molecule has 1 N–H and O–H groups in total. The van der Waals surface area contributed by atoms with Gasteiger partial charge in [0.1, 0.15) is 5.75 Å². The van der Waals surface area contributed by atoms with Crippen molar-refractivity contribution < 1.29 is 19.1 Å². The lowest BCUT2D eigenvalue weighted by molar-refractivity contribution is -0.142. The molecule has 0 fully saturated rings. The van der Waals surface area contributed by atoms with E-state index in [4.69, 9.17) is 4.74 Å². The fourth-order valence-electron chi connectivity index (χ4n) is 3.23. The number of aromatic nitrogens is 1. The predicted molar refractivity (Wildman–Crippen MR) is 113 cm³/mol. The predicted octanol–water partition coefficient (Wildman–Crippen LogP) is 4.41. The van der Waals surface area contributed by atoms with Gasteiger partial charge in [-0.2, -0.15) is 0 Å². The molecular weight excluding hydrogens is 368 g/mol. The second kappa shape index (κ2) is 8.82. The molecule has 0 bridgehead atoms. The lowest BCUT2D eigenvalue weighted by atomic mass is 10.1. The normalized spacial score (nSPS) is 10.9. The Hall–Kier alpha value is -3.28. The number of ether oxygens (including phenoxy) is 2. The smallest absolute Gasteiger partial charge is 0.343 e. The molecule has 1 heterocycles. The number of esters is 1. The van der Waals surface area contributed by atoms with Gasteiger partial charge in [-0.15, -0.1) is 0 Å². The second-order valence-electron chi connectivity index (χ2n) is 7.40. The third kappa shape index (κ3) is 4.77. The van der Waals surface area contributed by atoms with Crippen molar-refractivity contribution in [2.75, 3.05) is 19.0 Å². The van der Waals surface area contributed by atoms with Crippen LogP contribution in [0.15, 0.2) is 48.7 Å². The number of nitrogens with one attached hydrogen (secondary N) is 1. The van der Waals surface area contributed by atoms with E-state index in [1.807, 2.05) is 37.4 Å². The van der Waals surface area contributed by atoms with Crippen molar-refractivity contribution in [2.24, 2.45) is 5.92 Å². The summed E-state index contributed by atoms with van der Waals surface area (Å²) in [7, 11) is 1.31. The van der Waals surface area contributed by atoms with Crippen LogP contribution in [0.25, 0.3) is 10.9 Å². The SMILES string of the molecule is COC(=O)COc1ccc(NC(=O)c2cn(CC(C)C)c3ccccc23)c(C)c1. The van der Waals surface area contributed by atoms with Gasteiger partial charge in [-0.3, -0.25) is 4.79 Å². The van der Waals surface area contributed by atoms with E-state index in [0.29, 0.717) is 22.9 Å². The second-order valence-corrected chi connectivity index (χ2v) is 7.40. The summed E-state index contributed by atoms with van der Waals surface area (Å²) in [5.41, 5.74) is 3.23. The van der Waals surface area contributed by atoms with E-state index in [2.05, 4.69) is 28.5 Å². The fraction of sp³-hybridized carbons (Fsp3) is 0.304. The number of hydrogen-bond donors (Lipinski definition) is 1. The Morgan fingerprint density at radius 2 is 1.90 bits per heavy atom. The molecule has 0 aliphatic heterocycles. The maximum atomic E-state index is 13.0. The molecule has 3 rings (SSSR count). The minimum absolute atomic E-state index is 0.156. The van der Waals surface area contributed by atoms with Crippen molar-refractivity contribution >= 4 is 28.5 Å². The first-order valence-electron chi connectivity index (χ1n) is 9.58. The van der Waals surface area contributed by atoms with E-state index in [0.717, 1.165) is 23.0 Å². The molecule has 0 radical (unpaired) electrons. The van der Waals surface area contributed by atoms with Crippen LogP contribution >= 0.6 is 0 Å². The fourth-order valence-corrected chi connectivity index (χ4v) is 3.23. The van der Waals surface area contributed by atoms with Crippen LogP contribution in [0.5, 0.6) is 5.75 Å². The third-order valence-corrected chi connectivity index (χ3v) is 4.63. The number of carbonyl (C=O) groups is 2. The Kier molecular flexibility index (Phi) is 6.22. The van der Waals surface area contributed by atoms with E-state index in [9.17, 15) is 9.59 Å². The van der Waals surface area contributed by atoms with Crippen molar-refractivity contribution in [3.8, 4) is 5.75 Å².